The van der Waals surface area contributed by atoms with E-state index >= 15 is 0 Å². The Labute approximate surface area is 125 Å². The second-order valence-electron chi connectivity index (χ2n) is 5.04. The molecule has 0 heterocycles. The third-order valence-corrected chi connectivity index (χ3v) is 2.70. The third-order valence-electron chi connectivity index (χ3n) is 2.70. The highest BCUT2D eigenvalue weighted by Gasteiger charge is 2.15. The van der Waals surface area contributed by atoms with Gasteiger partial charge in [-0.25, -0.2) is 0 Å². The number of anilines is 1. The summed E-state index contributed by atoms with van der Waals surface area (Å²) in [4.78, 5) is 23.7. The van der Waals surface area contributed by atoms with Gasteiger partial charge in [-0.05, 0) is 25.0 Å². The minimum absolute atomic E-state index is 0.0775. The number of nitrogens with one attached hydrogen (secondary N) is 2. The lowest BCUT2D eigenvalue weighted by molar-refractivity contribution is -0.120. The van der Waals surface area contributed by atoms with Crippen LogP contribution in [0.2, 0.25) is 0 Å². The van der Waals surface area contributed by atoms with Crippen molar-refractivity contribution in [1.29, 1.82) is 0 Å². The second kappa shape index (κ2) is 8.14. The fraction of sp³-hybridized carbons (Fsp3) is 0.467. The molecule has 116 valence electrons. The van der Waals surface area contributed by atoms with Crippen LogP contribution in [-0.2, 0) is 4.79 Å². The molecule has 4 N–H and O–H groups in total. The first-order valence-corrected chi connectivity index (χ1v) is 7.01. The van der Waals surface area contributed by atoms with Gasteiger partial charge in [0.15, 0.2) is 5.75 Å². The van der Waals surface area contributed by atoms with Crippen molar-refractivity contribution in [2.45, 2.75) is 20.8 Å². The molecule has 0 unspecified atom stereocenters. The zero-order chi connectivity index (χ0) is 15.8. The average Bonchev–Trinajstić information content (AvgIpc) is 2.44. The largest absolute Gasteiger partial charge is 0.491 e. The lowest BCUT2D eigenvalue weighted by Gasteiger charge is -2.13. The number of nitrogens with two attached hydrogens (primary N) is 1. The molecule has 0 aliphatic rings. The molecular formula is C15H23N3O3. The molecule has 6 nitrogen and oxygen atoms in total. The number of carbonyl (C=O) groups excluding carboxylic acids is 2. The molecule has 0 radical (unpaired) electrons. The van der Waals surface area contributed by atoms with Crippen LogP contribution in [0, 0.1) is 5.92 Å². The molecule has 0 bridgehead atoms. The zero-order valence-corrected chi connectivity index (χ0v) is 12.7. The van der Waals surface area contributed by atoms with Gasteiger partial charge in [-0.2, -0.15) is 0 Å². The van der Waals surface area contributed by atoms with Crippen LogP contribution in [0.15, 0.2) is 18.2 Å². The Morgan fingerprint density at radius 3 is 2.62 bits per heavy atom. The molecule has 0 aliphatic carbocycles. The van der Waals surface area contributed by atoms with Gasteiger partial charge in [0.1, 0.15) is 0 Å². The maximum absolute atomic E-state index is 12.1. The summed E-state index contributed by atoms with van der Waals surface area (Å²) in [5.41, 5.74) is 6.52. The van der Waals surface area contributed by atoms with Gasteiger partial charge in [-0.1, -0.05) is 19.9 Å². The number of nitrogen functional groups attached to an aromatic ring is 1. The smallest absolute Gasteiger partial charge is 0.255 e. The summed E-state index contributed by atoms with van der Waals surface area (Å²) in [7, 11) is 0. The Bertz CT molecular complexity index is 501. The molecule has 0 saturated heterocycles. The Morgan fingerprint density at radius 1 is 1.29 bits per heavy atom. The van der Waals surface area contributed by atoms with Gasteiger partial charge in [-0.3, -0.25) is 9.59 Å². The SMILES string of the molecule is CCOc1c(N)cccc1C(=O)NCC(=O)NCC(C)C. The van der Waals surface area contributed by atoms with E-state index in [2.05, 4.69) is 10.6 Å². The summed E-state index contributed by atoms with van der Waals surface area (Å²) in [6.07, 6.45) is 0. The van der Waals surface area contributed by atoms with Crippen LogP contribution < -0.4 is 21.1 Å². The van der Waals surface area contributed by atoms with E-state index in [4.69, 9.17) is 10.5 Å². The van der Waals surface area contributed by atoms with Crippen LogP contribution >= 0.6 is 0 Å². The molecule has 1 aromatic carbocycles. The highest BCUT2D eigenvalue weighted by molar-refractivity contribution is 6.00. The Balaban J connectivity index is 2.64. The van der Waals surface area contributed by atoms with E-state index < -0.39 is 0 Å². The number of benzene rings is 1. The lowest BCUT2D eigenvalue weighted by Crippen LogP contribution is -2.38. The minimum atomic E-state index is -0.384. The van der Waals surface area contributed by atoms with E-state index in [0.717, 1.165) is 0 Å². The molecule has 0 spiro atoms. The Morgan fingerprint density at radius 2 is 2.00 bits per heavy atom. The van der Waals surface area contributed by atoms with Gasteiger partial charge in [0.25, 0.3) is 5.91 Å². The van der Waals surface area contributed by atoms with Gasteiger partial charge in [-0.15, -0.1) is 0 Å². The van der Waals surface area contributed by atoms with E-state index in [1.807, 2.05) is 20.8 Å². The van der Waals surface area contributed by atoms with Gasteiger partial charge in [0.05, 0.1) is 24.4 Å². The molecule has 2 amide bonds. The van der Waals surface area contributed by atoms with E-state index in [0.29, 0.717) is 36.1 Å². The molecule has 0 aliphatic heterocycles. The topological polar surface area (TPSA) is 93.4 Å². The van der Waals surface area contributed by atoms with E-state index in [-0.39, 0.29) is 18.4 Å². The standard InChI is InChI=1S/C15H23N3O3/c1-4-21-14-11(6-5-7-12(14)16)15(20)18-9-13(19)17-8-10(2)3/h5-7,10H,4,8-9,16H2,1-3H3,(H,17,19)(H,18,20). The fourth-order valence-corrected chi connectivity index (χ4v) is 1.68. The minimum Gasteiger partial charge on any atom is -0.491 e. The zero-order valence-electron chi connectivity index (χ0n) is 12.7. The molecule has 21 heavy (non-hydrogen) atoms. The quantitative estimate of drug-likeness (QED) is 0.658. The number of ether oxygens (including phenoxy) is 1. The monoisotopic (exact) mass is 293 g/mol. The van der Waals surface area contributed by atoms with Crippen molar-refractivity contribution >= 4 is 17.5 Å². The summed E-state index contributed by atoms with van der Waals surface area (Å²) in [5, 5.41) is 5.29. The molecular weight excluding hydrogens is 270 g/mol. The Hall–Kier alpha value is -2.24. The van der Waals surface area contributed by atoms with Gasteiger partial charge in [0.2, 0.25) is 5.91 Å². The number of carbonyl (C=O) groups is 2. The van der Waals surface area contributed by atoms with Crippen molar-refractivity contribution in [2.24, 2.45) is 5.92 Å². The molecule has 6 heteroatoms. The number of hydrogen-bond acceptors (Lipinski definition) is 4. The second-order valence-corrected chi connectivity index (χ2v) is 5.04. The average molecular weight is 293 g/mol. The van der Waals surface area contributed by atoms with Crippen LogP contribution in [-0.4, -0.2) is 31.5 Å². The molecule has 1 rings (SSSR count). The fourth-order valence-electron chi connectivity index (χ4n) is 1.68. The lowest BCUT2D eigenvalue weighted by atomic mass is 10.1. The number of amides is 2. The normalized spacial score (nSPS) is 10.3. The maximum Gasteiger partial charge on any atom is 0.255 e. The van der Waals surface area contributed by atoms with Crippen LogP contribution in [0.4, 0.5) is 5.69 Å². The molecule has 0 saturated carbocycles. The number of hydrogen-bond donors (Lipinski definition) is 3. The van der Waals surface area contributed by atoms with Crippen molar-refractivity contribution < 1.29 is 14.3 Å². The summed E-state index contributed by atoms with van der Waals surface area (Å²) in [6, 6.07) is 4.95. The van der Waals surface area contributed by atoms with Gasteiger partial charge in [0, 0.05) is 6.54 Å². The first-order valence-electron chi connectivity index (χ1n) is 7.01. The van der Waals surface area contributed by atoms with E-state index in [1.165, 1.54) is 0 Å². The summed E-state index contributed by atoms with van der Waals surface area (Å²) < 4.78 is 5.39. The van der Waals surface area contributed by atoms with Crippen molar-refractivity contribution in [3.05, 3.63) is 23.8 Å². The van der Waals surface area contributed by atoms with Gasteiger partial charge >= 0.3 is 0 Å². The van der Waals surface area contributed by atoms with E-state index in [9.17, 15) is 9.59 Å². The predicted octanol–water partition coefficient (Wildman–Crippen LogP) is 1.17. The summed E-state index contributed by atoms with van der Waals surface area (Å²) in [6.45, 7) is 6.72. The highest BCUT2D eigenvalue weighted by atomic mass is 16.5. The van der Waals surface area contributed by atoms with Crippen LogP contribution in [0.3, 0.4) is 0 Å². The predicted molar refractivity (Wildman–Crippen MR) is 82.2 cm³/mol. The van der Waals surface area contributed by atoms with Crippen molar-refractivity contribution in [1.82, 2.24) is 10.6 Å². The molecule has 0 aromatic heterocycles. The van der Waals surface area contributed by atoms with Crippen molar-refractivity contribution in [2.75, 3.05) is 25.4 Å². The molecule has 1 aromatic rings. The van der Waals surface area contributed by atoms with Crippen molar-refractivity contribution in [3.8, 4) is 5.75 Å². The van der Waals surface area contributed by atoms with Gasteiger partial charge < -0.3 is 21.1 Å². The number of para-hydroxylation sites is 1. The molecule has 0 atom stereocenters. The first-order chi connectivity index (χ1) is 9.95. The van der Waals surface area contributed by atoms with Crippen molar-refractivity contribution in [3.63, 3.8) is 0 Å². The first kappa shape index (κ1) is 16.8. The van der Waals surface area contributed by atoms with Crippen LogP contribution in [0.25, 0.3) is 0 Å². The Kier molecular flexibility index (Phi) is 6.52. The van der Waals surface area contributed by atoms with Crippen LogP contribution in [0.5, 0.6) is 5.75 Å². The summed E-state index contributed by atoms with van der Waals surface area (Å²) >= 11 is 0. The van der Waals surface area contributed by atoms with E-state index in [1.54, 1.807) is 18.2 Å². The summed E-state index contributed by atoms with van der Waals surface area (Å²) in [5.74, 6) is 0.104. The number of rotatable bonds is 7. The third kappa shape index (κ3) is 5.33. The highest BCUT2D eigenvalue weighted by Crippen LogP contribution is 2.26. The van der Waals surface area contributed by atoms with Crippen LogP contribution in [0.1, 0.15) is 31.1 Å². The molecule has 0 fully saturated rings. The maximum atomic E-state index is 12.1.